The highest BCUT2D eigenvalue weighted by molar-refractivity contribution is 6.33. The van der Waals surface area contributed by atoms with E-state index in [4.69, 9.17) is 21.1 Å². The van der Waals surface area contributed by atoms with Gasteiger partial charge in [0.05, 0.1) is 30.5 Å². The quantitative estimate of drug-likeness (QED) is 0.811. The van der Waals surface area contributed by atoms with Gasteiger partial charge in [-0.25, -0.2) is 9.78 Å². The standard InChI is InChI=1S/C15H15ClN2O3/c1-18(14-11(16)5-4-8-17-14)12-9-10(15(19)21-3)6-7-13(12)20-2/h4-9H,1-3H3. The van der Waals surface area contributed by atoms with Crippen molar-refractivity contribution in [2.24, 2.45) is 0 Å². The van der Waals surface area contributed by atoms with Gasteiger partial charge in [0.2, 0.25) is 0 Å². The highest BCUT2D eigenvalue weighted by Gasteiger charge is 2.16. The van der Waals surface area contributed by atoms with E-state index < -0.39 is 5.97 Å². The fourth-order valence-corrected chi connectivity index (χ4v) is 2.18. The number of pyridine rings is 1. The van der Waals surface area contributed by atoms with Crippen LogP contribution in [0, 0.1) is 0 Å². The Morgan fingerprint density at radius 2 is 2.05 bits per heavy atom. The molecule has 0 aliphatic carbocycles. The van der Waals surface area contributed by atoms with Gasteiger partial charge in [0.1, 0.15) is 5.75 Å². The molecule has 5 nitrogen and oxygen atoms in total. The average Bonchev–Trinajstić information content (AvgIpc) is 2.53. The predicted octanol–water partition coefficient (Wildman–Crippen LogP) is 3.30. The van der Waals surface area contributed by atoms with Crippen molar-refractivity contribution in [2.45, 2.75) is 0 Å². The van der Waals surface area contributed by atoms with Crippen LogP contribution in [0.2, 0.25) is 5.02 Å². The van der Waals surface area contributed by atoms with Crippen LogP contribution in [0.5, 0.6) is 5.75 Å². The Kier molecular flexibility index (Phi) is 4.65. The van der Waals surface area contributed by atoms with E-state index in [0.717, 1.165) is 0 Å². The number of carbonyl (C=O) groups excluding carboxylic acids is 1. The van der Waals surface area contributed by atoms with Crippen LogP contribution in [0.15, 0.2) is 36.5 Å². The van der Waals surface area contributed by atoms with Crippen molar-refractivity contribution < 1.29 is 14.3 Å². The highest BCUT2D eigenvalue weighted by atomic mass is 35.5. The van der Waals surface area contributed by atoms with Crippen molar-refractivity contribution in [2.75, 3.05) is 26.2 Å². The number of nitrogens with zero attached hydrogens (tertiary/aromatic N) is 2. The SMILES string of the molecule is COC(=O)c1ccc(OC)c(N(C)c2ncccc2Cl)c1. The minimum atomic E-state index is -0.417. The third-order valence-electron chi connectivity index (χ3n) is 3.02. The van der Waals surface area contributed by atoms with Crippen LogP contribution in [0.4, 0.5) is 11.5 Å². The second-order valence-corrected chi connectivity index (χ2v) is 4.65. The molecule has 110 valence electrons. The molecule has 0 bridgehead atoms. The van der Waals surface area contributed by atoms with Gasteiger partial charge < -0.3 is 14.4 Å². The summed E-state index contributed by atoms with van der Waals surface area (Å²) in [5.41, 5.74) is 1.09. The molecule has 1 heterocycles. The molecule has 0 unspecified atom stereocenters. The molecular weight excluding hydrogens is 292 g/mol. The number of esters is 1. The minimum Gasteiger partial charge on any atom is -0.495 e. The lowest BCUT2D eigenvalue weighted by molar-refractivity contribution is 0.0601. The highest BCUT2D eigenvalue weighted by Crippen LogP contribution is 2.35. The first kappa shape index (κ1) is 15.1. The zero-order valence-corrected chi connectivity index (χ0v) is 12.7. The molecule has 6 heteroatoms. The molecule has 0 spiro atoms. The van der Waals surface area contributed by atoms with Gasteiger partial charge in [-0.05, 0) is 30.3 Å². The smallest absolute Gasteiger partial charge is 0.337 e. The Bertz CT molecular complexity index is 661. The Hall–Kier alpha value is -2.27. The first-order chi connectivity index (χ1) is 10.1. The summed E-state index contributed by atoms with van der Waals surface area (Å²) < 4.78 is 10.1. The predicted molar refractivity (Wildman–Crippen MR) is 81.6 cm³/mol. The number of rotatable bonds is 4. The van der Waals surface area contributed by atoms with Crippen molar-refractivity contribution >= 4 is 29.1 Å². The topological polar surface area (TPSA) is 51.7 Å². The lowest BCUT2D eigenvalue weighted by Gasteiger charge is -2.22. The summed E-state index contributed by atoms with van der Waals surface area (Å²) in [6, 6.07) is 8.52. The molecule has 0 fully saturated rings. The molecular formula is C15H15ClN2O3. The van der Waals surface area contributed by atoms with Crippen molar-refractivity contribution in [3.8, 4) is 5.75 Å². The van der Waals surface area contributed by atoms with Gasteiger partial charge in [0.15, 0.2) is 5.82 Å². The third kappa shape index (κ3) is 3.08. The van der Waals surface area contributed by atoms with Gasteiger partial charge in [-0.3, -0.25) is 0 Å². The van der Waals surface area contributed by atoms with E-state index in [9.17, 15) is 4.79 Å². The van der Waals surface area contributed by atoms with Crippen LogP contribution < -0.4 is 9.64 Å². The Morgan fingerprint density at radius 3 is 2.67 bits per heavy atom. The van der Waals surface area contributed by atoms with E-state index in [-0.39, 0.29) is 0 Å². The number of anilines is 2. The summed E-state index contributed by atoms with van der Waals surface area (Å²) in [5.74, 6) is 0.755. The van der Waals surface area contributed by atoms with E-state index in [2.05, 4.69) is 4.98 Å². The molecule has 0 radical (unpaired) electrons. The summed E-state index contributed by atoms with van der Waals surface area (Å²) in [7, 11) is 4.70. The van der Waals surface area contributed by atoms with Crippen LogP contribution >= 0.6 is 11.6 Å². The second kappa shape index (κ2) is 6.45. The fraction of sp³-hybridized carbons (Fsp3) is 0.200. The van der Waals surface area contributed by atoms with Gasteiger partial charge >= 0.3 is 5.97 Å². The summed E-state index contributed by atoms with van der Waals surface area (Å²) in [4.78, 5) is 17.7. The van der Waals surface area contributed by atoms with E-state index in [1.54, 1.807) is 55.6 Å². The van der Waals surface area contributed by atoms with Gasteiger partial charge in [-0.15, -0.1) is 0 Å². The maximum atomic E-state index is 11.7. The molecule has 2 aromatic rings. The van der Waals surface area contributed by atoms with Crippen molar-refractivity contribution in [1.82, 2.24) is 4.98 Å². The number of methoxy groups -OCH3 is 2. The maximum absolute atomic E-state index is 11.7. The van der Waals surface area contributed by atoms with E-state index >= 15 is 0 Å². The number of ether oxygens (including phenoxy) is 2. The van der Waals surface area contributed by atoms with Crippen LogP contribution in [0.3, 0.4) is 0 Å². The lowest BCUT2D eigenvalue weighted by atomic mass is 10.1. The molecule has 21 heavy (non-hydrogen) atoms. The number of halogens is 1. The van der Waals surface area contributed by atoms with Crippen molar-refractivity contribution in [3.63, 3.8) is 0 Å². The Labute approximate surface area is 128 Å². The third-order valence-corrected chi connectivity index (χ3v) is 3.31. The number of carbonyl (C=O) groups is 1. The number of hydrogen-bond donors (Lipinski definition) is 0. The number of benzene rings is 1. The largest absolute Gasteiger partial charge is 0.495 e. The summed E-state index contributed by atoms with van der Waals surface area (Å²) in [6.07, 6.45) is 1.65. The second-order valence-electron chi connectivity index (χ2n) is 4.25. The van der Waals surface area contributed by atoms with E-state index in [1.807, 2.05) is 0 Å². The Morgan fingerprint density at radius 1 is 1.29 bits per heavy atom. The van der Waals surface area contributed by atoms with Gasteiger partial charge in [0.25, 0.3) is 0 Å². The zero-order chi connectivity index (χ0) is 15.4. The van der Waals surface area contributed by atoms with Gasteiger partial charge in [0, 0.05) is 13.2 Å². The van der Waals surface area contributed by atoms with Crippen LogP contribution in [0.25, 0.3) is 0 Å². The number of aromatic nitrogens is 1. The van der Waals surface area contributed by atoms with Gasteiger partial charge in [-0.2, -0.15) is 0 Å². The normalized spacial score (nSPS) is 10.1. The minimum absolute atomic E-state index is 0.417. The summed E-state index contributed by atoms with van der Waals surface area (Å²) >= 11 is 6.16. The van der Waals surface area contributed by atoms with E-state index in [0.29, 0.717) is 27.8 Å². The maximum Gasteiger partial charge on any atom is 0.337 e. The molecule has 2 rings (SSSR count). The molecule has 0 saturated carbocycles. The Balaban J connectivity index is 2.50. The molecule has 1 aromatic heterocycles. The monoisotopic (exact) mass is 306 g/mol. The molecule has 0 aliphatic heterocycles. The van der Waals surface area contributed by atoms with Crippen molar-refractivity contribution in [1.29, 1.82) is 0 Å². The molecule has 0 amide bonds. The molecule has 1 aromatic carbocycles. The fourth-order valence-electron chi connectivity index (χ4n) is 1.94. The van der Waals surface area contributed by atoms with E-state index in [1.165, 1.54) is 7.11 Å². The van der Waals surface area contributed by atoms with Crippen LogP contribution in [-0.2, 0) is 4.74 Å². The zero-order valence-electron chi connectivity index (χ0n) is 12.0. The number of hydrogen-bond acceptors (Lipinski definition) is 5. The summed E-state index contributed by atoms with van der Waals surface area (Å²) in [5, 5.41) is 0.505. The first-order valence-electron chi connectivity index (χ1n) is 6.19. The molecule has 0 aliphatic rings. The molecule has 0 N–H and O–H groups in total. The lowest BCUT2D eigenvalue weighted by Crippen LogP contribution is -2.14. The van der Waals surface area contributed by atoms with Crippen molar-refractivity contribution in [3.05, 3.63) is 47.1 Å². The van der Waals surface area contributed by atoms with Crippen LogP contribution in [0.1, 0.15) is 10.4 Å². The molecule has 0 saturated heterocycles. The summed E-state index contributed by atoms with van der Waals surface area (Å²) in [6.45, 7) is 0. The average molecular weight is 307 g/mol. The van der Waals surface area contributed by atoms with Gasteiger partial charge in [-0.1, -0.05) is 11.6 Å². The first-order valence-corrected chi connectivity index (χ1v) is 6.57. The van der Waals surface area contributed by atoms with Crippen LogP contribution in [-0.4, -0.2) is 32.2 Å². The molecule has 0 atom stereocenters.